The first kappa shape index (κ1) is 33.1. The zero-order chi connectivity index (χ0) is 32.4. The third-order valence-electron chi connectivity index (χ3n) is 6.73. The van der Waals surface area contributed by atoms with Gasteiger partial charge in [0.05, 0.1) is 12.5 Å². The molecule has 4 atom stereocenters. The molecular weight excluding hydrogens is 578 g/mol. The van der Waals surface area contributed by atoms with E-state index in [1.54, 1.807) is 36.5 Å². The van der Waals surface area contributed by atoms with Gasteiger partial charge < -0.3 is 47.1 Å². The van der Waals surface area contributed by atoms with Crippen LogP contribution in [0.15, 0.2) is 54.7 Å². The number of aromatic hydroxyl groups is 1. The van der Waals surface area contributed by atoms with Crippen LogP contribution in [0.1, 0.15) is 30.4 Å². The molecule has 2 aromatic carbocycles. The maximum absolute atomic E-state index is 13.6. The molecule has 0 spiro atoms. The van der Waals surface area contributed by atoms with Crippen molar-refractivity contribution in [3.63, 3.8) is 0 Å². The summed E-state index contributed by atoms with van der Waals surface area (Å²) < 4.78 is 0. The van der Waals surface area contributed by atoms with Gasteiger partial charge in [0.15, 0.2) is 0 Å². The van der Waals surface area contributed by atoms with Gasteiger partial charge in [-0.05, 0) is 42.2 Å². The zero-order valence-corrected chi connectivity index (χ0v) is 23.4. The summed E-state index contributed by atoms with van der Waals surface area (Å²) in [7, 11) is 0. The first-order valence-electron chi connectivity index (χ1n) is 13.5. The Hall–Kier alpha value is -5.44. The summed E-state index contributed by atoms with van der Waals surface area (Å²) in [4.78, 5) is 76.5. The molecular formula is C29H33N5O10. The van der Waals surface area contributed by atoms with Crippen LogP contribution in [0.4, 0.5) is 0 Å². The van der Waals surface area contributed by atoms with E-state index < -0.39 is 79.1 Å². The second-order valence-electron chi connectivity index (χ2n) is 10.1. The Labute approximate surface area is 250 Å². The summed E-state index contributed by atoms with van der Waals surface area (Å²) in [6.07, 6.45) is -0.369. The number of hydrogen-bond donors (Lipinski definition) is 9. The van der Waals surface area contributed by atoms with E-state index in [2.05, 4.69) is 15.6 Å². The van der Waals surface area contributed by atoms with Gasteiger partial charge in [-0.15, -0.1) is 0 Å². The fraction of sp³-hybridized carbons (Fsp3) is 0.310. The van der Waals surface area contributed by atoms with Crippen LogP contribution in [0, 0.1) is 0 Å². The summed E-state index contributed by atoms with van der Waals surface area (Å²) in [5, 5.41) is 44.7. The van der Waals surface area contributed by atoms with Crippen molar-refractivity contribution in [1.29, 1.82) is 0 Å². The van der Waals surface area contributed by atoms with E-state index in [1.807, 2.05) is 11.4 Å². The second kappa shape index (κ2) is 15.2. The summed E-state index contributed by atoms with van der Waals surface area (Å²) in [6.45, 7) is 0. The average Bonchev–Trinajstić information content (AvgIpc) is 3.37. The molecule has 0 radical (unpaired) electrons. The molecule has 0 fully saturated rings. The van der Waals surface area contributed by atoms with E-state index >= 15 is 0 Å². The quantitative estimate of drug-likeness (QED) is 0.103. The molecule has 1 heterocycles. The molecule has 4 unspecified atom stereocenters. The van der Waals surface area contributed by atoms with Crippen molar-refractivity contribution in [3.8, 4) is 5.75 Å². The number of aliphatic carboxylic acids is 3. The number of nitrogens with two attached hydrogens (primary N) is 1. The van der Waals surface area contributed by atoms with Crippen LogP contribution < -0.4 is 21.7 Å². The Morgan fingerprint density at radius 2 is 1.36 bits per heavy atom. The van der Waals surface area contributed by atoms with Gasteiger partial charge in [0, 0.05) is 29.9 Å². The number of hydrogen-bond acceptors (Lipinski definition) is 8. The third-order valence-corrected chi connectivity index (χ3v) is 6.73. The molecule has 10 N–H and O–H groups in total. The number of carboxylic acids is 3. The Morgan fingerprint density at radius 3 is 2.00 bits per heavy atom. The number of H-pyrrole nitrogens is 1. The Bertz CT molecular complexity index is 1520. The summed E-state index contributed by atoms with van der Waals surface area (Å²) >= 11 is 0. The highest BCUT2D eigenvalue weighted by Crippen LogP contribution is 2.19. The number of carbonyl (C=O) groups excluding carboxylic acids is 3. The van der Waals surface area contributed by atoms with Gasteiger partial charge >= 0.3 is 17.9 Å². The molecule has 15 heteroatoms. The van der Waals surface area contributed by atoms with Crippen molar-refractivity contribution in [3.05, 3.63) is 65.9 Å². The second-order valence-corrected chi connectivity index (χ2v) is 10.1. The number of fused-ring (bicyclic) bond motifs is 1. The van der Waals surface area contributed by atoms with Crippen molar-refractivity contribution in [2.24, 2.45) is 5.73 Å². The summed E-state index contributed by atoms with van der Waals surface area (Å²) in [5.41, 5.74) is 8.14. The fourth-order valence-electron chi connectivity index (χ4n) is 4.44. The molecule has 3 rings (SSSR count). The minimum Gasteiger partial charge on any atom is -0.508 e. The highest BCUT2D eigenvalue weighted by molar-refractivity contribution is 5.95. The van der Waals surface area contributed by atoms with Gasteiger partial charge in [-0.1, -0.05) is 30.3 Å². The van der Waals surface area contributed by atoms with E-state index in [9.17, 15) is 39.0 Å². The molecule has 234 valence electrons. The minimum atomic E-state index is -1.84. The van der Waals surface area contributed by atoms with E-state index in [-0.39, 0.29) is 18.6 Å². The Kier molecular flexibility index (Phi) is 11.4. The molecule has 3 aromatic rings. The molecule has 0 saturated heterocycles. The lowest BCUT2D eigenvalue weighted by Gasteiger charge is -2.25. The number of phenols is 1. The van der Waals surface area contributed by atoms with Crippen molar-refractivity contribution in [2.75, 3.05) is 0 Å². The molecule has 44 heavy (non-hydrogen) atoms. The number of nitrogens with one attached hydrogen (secondary N) is 4. The monoisotopic (exact) mass is 611 g/mol. The largest absolute Gasteiger partial charge is 0.508 e. The Morgan fingerprint density at radius 1 is 0.750 bits per heavy atom. The standard InChI is InChI=1S/C29H33N5O10/c30-19(11-15-5-7-17(35)8-6-15)26(40)33-22(12-16-14-31-20-4-2-1-3-18(16)20)28(42)32-21(9-10-24(36)37)27(41)34-23(29(43)44)13-25(38)39/h1-8,14,19,21-23,31,35H,9-13,30H2,(H,32,42)(H,33,40)(H,34,41)(H,36,37)(H,38,39)(H,43,44). The van der Waals surface area contributed by atoms with Crippen LogP contribution >= 0.6 is 0 Å². The Balaban J connectivity index is 1.85. The first-order valence-corrected chi connectivity index (χ1v) is 13.5. The van der Waals surface area contributed by atoms with Crippen LogP contribution in [0.3, 0.4) is 0 Å². The first-order chi connectivity index (χ1) is 20.8. The minimum absolute atomic E-state index is 0.0290. The molecule has 0 bridgehead atoms. The highest BCUT2D eigenvalue weighted by atomic mass is 16.4. The van der Waals surface area contributed by atoms with Crippen LogP contribution in [0.25, 0.3) is 10.9 Å². The lowest BCUT2D eigenvalue weighted by atomic mass is 10.0. The van der Waals surface area contributed by atoms with E-state index in [0.29, 0.717) is 11.1 Å². The van der Waals surface area contributed by atoms with Crippen molar-refractivity contribution in [2.45, 2.75) is 56.3 Å². The van der Waals surface area contributed by atoms with Gasteiger partial charge in [0.1, 0.15) is 23.9 Å². The van der Waals surface area contributed by atoms with Crippen LogP contribution in [-0.4, -0.2) is 85.2 Å². The number of rotatable bonds is 16. The van der Waals surface area contributed by atoms with Crippen LogP contribution in [0.2, 0.25) is 0 Å². The predicted molar refractivity (Wildman–Crippen MR) is 154 cm³/mol. The highest BCUT2D eigenvalue weighted by Gasteiger charge is 2.32. The lowest BCUT2D eigenvalue weighted by molar-refractivity contribution is -0.147. The summed E-state index contributed by atoms with van der Waals surface area (Å²) in [6, 6.07) is 7.36. The van der Waals surface area contributed by atoms with Gasteiger partial charge in [-0.2, -0.15) is 0 Å². The number of benzene rings is 2. The number of aromatic amines is 1. The number of aromatic nitrogens is 1. The SMILES string of the molecule is NC(Cc1ccc(O)cc1)C(=O)NC(Cc1c[nH]c2ccccc12)C(=O)NC(CCC(=O)O)C(=O)NC(CC(=O)O)C(=O)O. The van der Waals surface area contributed by atoms with Crippen molar-refractivity contribution in [1.82, 2.24) is 20.9 Å². The lowest BCUT2D eigenvalue weighted by Crippen LogP contribution is -2.58. The molecule has 0 aliphatic rings. The third kappa shape index (κ3) is 9.55. The normalized spacial score (nSPS) is 13.7. The van der Waals surface area contributed by atoms with E-state index in [4.69, 9.17) is 15.9 Å². The molecule has 15 nitrogen and oxygen atoms in total. The van der Waals surface area contributed by atoms with E-state index in [0.717, 1.165) is 10.9 Å². The number of phenolic OH excluding ortho intramolecular Hbond substituents is 1. The van der Waals surface area contributed by atoms with Crippen molar-refractivity contribution < 1.29 is 49.2 Å². The van der Waals surface area contributed by atoms with Gasteiger partial charge in [-0.25, -0.2) is 4.79 Å². The van der Waals surface area contributed by atoms with E-state index in [1.165, 1.54) is 12.1 Å². The maximum atomic E-state index is 13.6. The fourth-order valence-corrected chi connectivity index (χ4v) is 4.44. The number of carboxylic acid groups (broad SMARTS) is 3. The molecule has 0 saturated carbocycles. The van der Waals surface area contributed by atoms with Gasteiger partial charge in [0.2, 0.25) is 17.7 Å². The predicted octanol–water partition coefficient (Wildman–Crippen LogP) is -0.135. The molecule has 1 aromatic heterocycles. The topological polar surface area (TPSA) is 261 Å². The number of para-hydroxylation sites is 1. The zero-order valence-electron chi connectivity index (χ0n) is 23.4. The molecule has 0 aliphatic heterocycles. The molecule has 0 aliphatic carbocycles. The summed E-state index contributed by atoms with van der Waals surface area (Å²) in [5.74, 6) is -7.14. The number of carbonyl (C=O) groups is 6. The maximum Gasteiger partial charge on any atom is 0.326 e. The van der Waals surface area contributed by atoms with Gasteiger partial charge in [0.25, 0.3) is 0 Å². The smallest absolute Gasteiger partial charge is 0.326 e. The molecule has 3 amide bonds. The number of amides is 3. The van der Waals surface area contributed by atoms with Gasteiger partial charge in [-0.3, -0.25) is 24.0 Å². The average molecular weight is 612 g/mol. The van der Waals surface area contributed by atoms with Crippen molar-refractivity contribution >= 4 is 46.5 Å². The van der Waals surface area contributed by atoms with Crippen LogP contribution in [0.5, 0.6) is 5.75 Å². The van der Waals surface area contributed by atoms with Crippen LogP contribution in [-0.2, 0) is 41.6 Å².